The normalized spacial score (nSPS) is 12.5. The Kier molecular flexibility index (Phi) is 3.43. The Hall–Kier alpha value is -1.74. The third-order valence-corrected chi connectivity index (χ3v) is 3.07. The lowest BCUT2D eigenvalue weighted by Gasteiger charge is -2.16. The minimum atomic E-state index is -0.608. The van der Waals surface area contributed by atoms with E-state index >= 15 is 0 Å². The van der Waals surface area contributed by atoms with Crippen LogP contribution in [0.3, 0.4) is 0 Å². The predicted molar refractivity (Wildman–Crippen MR) is 68.3 cm³/mol. The summed E-state index contributed by atoms with van der Waals surface area (Å²) >= 11 is 0. The zero-order chi connectivity index (χ0) is 13.3. The summed E-state index contributed by atoms with van der Waals surface area (Å²) in [5.41, 5.74) is 9.31. The van der Waals surface area contributed by atoms with Crippen molar-refractivity contribution in [2.75, 3.05) is 0 Å². The highest BCUT2D eigenvalue weighted by atomic mass is 19.1. The van der Waals surface area contributed by atoms with E-state index in [9.17, 15) is 8.78 Å². The first-order valence-corrected chi connectivity index (χ1v) is 5.76. The molecule has 0 saturated carbocycles. The molecule has 0 saturated heterocycles. The Morgan fingerprint density at radius 3 is 2.33 bits per heavy atom. The third kappa shape index (κ3) is 2.41. The lowest BCUT2D eigenvalue weighted by atomic mass is 9.94. The molecule has 0 aromatic heterocycles. The summed E-state index contributed by atoms with van der Waals surface area (Å²) in [6.45, 7) is 3.88. The molecular weight excluding hydrogens is 232 g/mol. The van der Waals surface area contributed by atoms with Gasteiger partial charge in [-0.25, -0.2) is 8.78 Å². The van der Waals surface area contributed by atoms with Crippen molar-refractivity contribution in [2.45, 2.75) is 19.9 Å². The fourth-order valence-electron chi connectivity index (χ4n) is 2.02. The van der Waals surface area contributed by atoms with Crippen molar-refractivity contribution in [3.63, 3.8) is 0 Å². The molecule has 1 atom stereocenters. The predicted octanol–water partition coefficient (Wildman–Crippen LogP) is 3.63. The smallest absolute Gasteiger partial charge is 0.131 e. The fourth-order valence-corrected chi connectivity index (χ4v) is 2.02. The Morgan fingerprint density at radius 1 is 0.944 bits per heavy atom. The SMILES string of the molecule is Cc1ccc(C)c(C(N)c2ccc(F)cc2F)c1. The van der Waals surface area contributed by atoms with Crippen LogP contribution >= 0.6 is 0 Å². The number of benzene rings is 2. The lowest BCUT2D eigenvalue weighted by Crippen LogP contribution is -2.15. The molecular formula is C15H15F2N. The maximum absolute atomic E-state index is 13.7. The van der Waals surface area contributed by atoms with Crippen LogP contribution in [0, 0.1) is 25.5 Å². The molecule has 0 radical (unpaired) electrons. The van der Waals surface area contributed by atoms with Crippen molar-refractivity contribution in [3.8, 4) is 0 Å². The Morgan fingerprint density at radius 2 is 1.67 bits per heavy atom. The molecule has 18 heavy (non-hydrogen) atoms. The Labute approximate surface area is 105 Å². The second-order valence-electron chi connectivity index (χ2n) is 4.50. The van der Waals surface area contributed by atoms with Gasteiger partial charge in [0.15, 0.2) is 0 Å². The van der Waals surface area contributed by atoms with Crippen molar-refractivity contribution in [2.24, 2.45) is 5.73 Å². The van der Waals surface area contributed by atoms with E-state index in [1.54, 1.807) is 0 Å². The number of nitrogens with two attached hydrogens (primary N) is 1. The number of hydrogen-bond donors (Lipinski definition) is 1. The van der Waals surface area contributed by atoms with E-state index < -0.39 is 17.7 Å². The molecule has 94 valence electrons. The van der Waals surface area contributed by atoms with Crippen molar-refractivity contribution >= 4 is 0 Å². The summed E-state index contributed by atoms with van der Waals surface area (Å²) in [5, 5.41) is 0. The Balaban J connectivity index is 2.47. The van der Waals surface area contributed by atoms with E-state index in [0.717, 1.165) is 22.8 Å². The molecule has 0 heterocycles. The minimum Gasteiger partial charge on any atom is -0.320 e. The quantitative estimate of drug-likeness (QED) is 0.861. The maximum atomic E-state index is 13.7. The van der Waals surface area contributed by atoms with Gasteiger partial charge in [-0.2, -0.15) is 0 Å². The van der Waals surface area contributed by atoms with Gasteiger partial charge in [0.25, 0.3) is 0 Å². The van der Waals surface area contributed by atoms with Crippen molar-refractivity contribution in [3.05, 3.63) is 70.3 Å². The molecule has 1 unspecified atom stereocenters. The van der Waals surface area contributed by atoms with Gasteiger partial charge in [-0.15, -0.1) is 0 Å². The number of halogens is 2. The van der Waals surface area contributed by atoms with Crippen LogP contribution < -0.4 is 5.73 Å². The largest absolute Gasteiger partial charge is 0.320 e. The van der Waals surface area contributed by atoms with Crippen molar-refractivity contribution in [1.82, 2.24) is 0 Å². The molecule has 0 fully saturated rings. The topological polar surface area (TPSA) is 26.0 Å². The highest BCUT2D eigenvalue weighted by molar-refractivity contribution is 5.39. The standard InChI is InChI=1S/C15H15F2N/c1-9-3-4-10(2)13(7-9)15(18)12-6-5-11(16)8-14(12)17/h3-8,15H,18H2,1-2H3. The van der Waals surface area contributed by atoms with Gasteiger partial charge < -0.3 is 5.73 Å². The third-order valence-electron chi connectivity index (χ3n) is 3.07. The van der Waals surface area contributed by atoms with Crippen LogP contribution in [0.5, 0.6) is 0 Å². The van der Waals surface area contributed by atoms with Crippen LogP contribution in [0.4, 0.5) is 8.78 Å². The van der Waals surface area contributed by atoms with Gasteiger partial charge >= 0.3 is 0 Å². The highest BCUT2D eigenvalue weighted by Crippen LogP contribution is 2.25. The van der Waals surface area contributed by atoms with E-state index in [1.807, 2.05) is 32.0 Å². The van der Waals surface area contributed by atoms with Crippen molar-refractivity contribution in [1.29, 1.82) is 0 Å². The highest BCUT2D eigenvalue weighted by Gasteiger charge is 2.16. The van der Waals surface area contributed by atoms with E-state index in [2.05, 4.69) is 0 Å². The lowest BCUT2D eigenvalue weighted by molar-refractivity contribution is 0.565. The summed E-state index contributed by atoms with van der Waals surface area (Å²) in [6, 6.07) is 8.77. The van der Waals surface area contributed by atoms with Crippen LogP contribution in [0.1, 0.15) is 28.3 Å². The zero-order valence-electron chi connectivity index (χ0n) is 10.4. The molecule has 2 aromatic rings. The van der Waals surface area contributed by atoms with Gasteiger partial charge in [-0.05, 0) is 31.0 Å². The van der Waals surface area contributed by atoms with Crippen LogP contribution in [-0.4, -0.2) is 0 Å². The molecule has 2 rings (SSSR count). The van der Waals surface area contributed by atoms with Crippen molar-refractivity contribution < 1.29 is 8.78 Å². The van der Waals surface area contributed by atoms with Gasteiger partial charge in [-0.1, -0.05) is 29.8 Å². The summed E-state index contributed by atoms with van der Waals surface area (Å²) in [7, 11) is 0. The van der Waals surface area contributed by atoms with Gasteiger partial charge in [0.2, 0.25) is 0 Å². The van der Waals surface area contributed by atoms with Crippen LogP contribution in [-0.2, 0) is 0 Å². The van der Waals surface area contributed by atoms with E-state index in [4.69, 9.17) is 5.73 Å². The van der Waals surface area contributed by atoms with Gasteiger partial charge in [0.1, 0.15) is 11.6 Å². The molecule has 1 nitrogen and oxygen atoms in total. The van der Waals surface area contributed by atoms with E-state index in [-0.39, 0.29) is 0 Å². The molecule has 0 bridgehead atoms. The molecule has 0 spiro atoms. The zero-order valence-corrected chi connectivity index (χ0v) is 10.4. The van der Waals surface area contributed by atoms with Crippen LogP contribution in [0.15, 0.2) is 36.4 Å². The van der Waals surface area contributed by atoms with E-state index in [1.165, 1.54) is 12.1 Å². The second kappa shape index (κ2) is 4.86. The average molecular weight is 247 g/mol. The fraction of sp³-hybridized carbons (Fsp3) is 0.200. The monoisotopic (exact) mass is 247 g/mol. The van der Waals surface area contributed by atoms with Gasteiger partial charge in [0, 0.05) is 11.6 Å². The molecule has 3 heteroatoms. The van der Waals surface area contributed by atoms with E-state index in [0.29, 0.717) is 5.56 Å². The van der Waals surface area contributed by atoms with Gasteiger partial charge in [0.05, 0.1) is 6.04 Å². The molecule has 0 aliphatic rings. The summed E-state index contributed by atoms with van der Waals surface area (Å²) < 4.78 is 26.6. The molecule has 0 aliphatic carbocycles. The summed E-state index contributed by atoms with van der Waals surface area (Å²) in [6.07, 6.45) is 0. The number of rotatable bonds is 2. The minimum absolute atomic E-state index is 0.310. The molecule has 2 aromatic carbocycles. The Bertz CT molecular complexity index is 579. The first-order valence-electron chi connectivity index (χ1n) is 5.76. The number of aryl methyl sites for hydroxylation is 2. The first kappa shape index (κ1) is 12.7. The molecule has 2 N–H and O–H groups in total. The average Bonchev–Trinajstić information content (AvgIpc) is 2.31. The van der Waals surface area contributed by atoms with Gasteiger partial charge in [-0.3, -0.25) is 0 Å². The van der Waals surface area contributed by atoms with Crippen LogP contribution in [0.25, 0.3) is 0 Å². The summed E-state index contributed by atoms with van der Waals surface area (Å²) in [5.74, 6) is -1.20. The maximum Gasteiger partial charge on any atom is 0.131 e. The summed E-state index contributed by atoms with van der Waals surface area (Å²) in [4.78, 5) is 0. The second-order valence-corrected chi connectivity index (χ2v) is 4.50. The molecule has 0 amide bonds. The number of hydrogen-bond acceptors (Lipinski definition) is 1. The molecule has 0 aliphatic heterocycles. The first-order chi connectivity index (χ1) is 8.49. The van der Waals surface area contributed by atoms with Crippen LogP contribution in [0.2, 0.25) is 0 Å².